The van der Waals surface area contributed by atoms with Crippen molar-refractivity contribution in [2.45, 2.75) is 27.7 Å². The number of amides is 1. The van der Waals surface area contributed by atoms with Crippen molar-refractivity contribution in [1.82, 2.24) is 0 Å². The zero-order valence-corrected chi connectivity index (χ0v) is 15.8. The highest BCUT2D eigenvalue weighted by Crippen LogP contribution is 2.26. The van der Waals surface area contributed by atoms with E-state index in [0.717, 1.165) is 11.1 Å². The molecule has 0 aliphatic heterocycles. The molecule has 2 aromatic carbocycles. The predicted octanol–water partition coefficient (Wildman–Crippen LogP) is 5.01. The summed E-state index contributed by atoms with van der Waals surface area (Å²) in [6, 6.07) is 11.0. The van der Waals surface area contributed by atoms with E-state index < -0.39 is 0 Å². The van der Waals surface area contributed by atoms with Crippen molar-refractivity contribution in [3.63, 3.8) is 0 Å². The molecule has 4 nitrogen and oxygen atoms in total. The van der Waals surface area contributed by atoms with Crippen LogP contribution in [0.3, 0.4) is 0 Å². The lowest BCUT2D eigenvalue weighted by Crippen LogP contribution is -2.21. The molecular formula is C20H24ClNO3. The Morgan fingerprint density at radius 2 is 1.76 bits per heavy atom. The molecule has 0 heterocycles. The summed E-state index contributed by atoms with van der Waals surface area (Å²) in [6.07, 6.45) is 0. The number of benzene rings is 2. The molecule has 0 saturated heterocycles. The number of ether oxygens (including phenoxy) is 2. The van der Waals surface area contributed by atoms with Crippen molar-refractivity contribution < 1.29 is 14.3 Å². The summed E-state index contributed by atoms with van der Waals surface area (Å²) in [5, 5.41) is 3.55. The molecule has 5 heteroatoms. The zero-order chi connectivity index (χ0) is 18.4. The fraction of sp³-hybridized carbons (Fsp3) is 0.350. The van der Waals surface area contributed by atoms with Gasteiger partial charge >= 0.3 is 0 Å². The molecule has 0 aliphatic rings. The summed E-state index contributed by atoms with van der Waals surface area (Å²) in [5.41, 5.74) is 2.48. The summed E-state index contributed by atoms with van der Waals surface area (Å²) >= 11 is 6.14. The lowest BCUT2D eigenvalue weighted by Gasteiger charge is -2.14. The molecule has 0 bridgehead atoms. The van der Waals surface area contributed by atoms with Crippen molar-refractivity contribution in [1.29, 1.82) is 0 Å². The van der Waals surface area contributed by atoms with E-state index >= 15 is 0 Å². The Morgan fingerprint density at radius 1 is 1.12 bits per heavy atom. The fourth-order valence-corrected chi connectivity index (χ4v) is 2.39. The summed E-state index contributed by atoms with van der Waals surface area (Å²) in [4.78, 5) is 12.2. The number of aryl methyl sites for hydroxylation is 2. The van der Waals surface area contributed by atoms with Gasteiger partial charge in [-0.15, -0.1) is 0 Å². The maximum absolute atomic E-state index is 12.2. The van der Waals surface area contributed by atoms with Gasteiger partial charge in [-0.3, -0.25) is 4.79 Å². The molecule has 0 aromatic heterocycles. The minimum Gasteiger partial charge on any atom is -0.491 e. The standard InChI is InChI=1S/C20H24ClNO3/c1-13(2)11-25-18-8-6-5-7-17(18)22-19(23)12-24-16-9-14(3)20(21)15(4)10-16/h5-10,13H,11-12H2,1-4H3,(H,22,23). The summed E-state index contributed by atoms with van der Waals surface area (Å²) in [7, 11) is 0. The number of halogens is 1. The second kappa shape index (κ2) is 8.77. The van der Waals surface area contributed by atoms with Gasteiger partial charge in [0.2, 0.25) is 0 Å². The Kier molecular flexibility index (Phi) is 6.71. The highest BCUT2D eigenvalue weighted by molar-refractivity contribution is 6.32. The van der Waals surface area contributed by atoms with E-state index in [-0.39, 0.29) is 12.5 Å². The molecule has 0 atom stereocenters. The highest BCUT2D eigenvalue weighted by atomic mass is 35.5. The summed E-state index contributed by atoms with van der Waals surface area (Å²) in [5.74, 6) is 1.44. The SMILES string of the molecule is Cc1cc(OCC(=O)Nc2ccccc2OCC(C)C)cc(C)c1Cl. The smallest absolute Gasteiger partial charge is 0.262 e. The third kappa shape index (κ3) is 5.68. The summed E-state index contributed by atoms with van der Waals surface area (Å²) in [6.45, 7) is 8.47. The van der Waals surface area contributed by atoms with Crippen molar-refractivity contribution in [2.75, 3.05) is 18.5 Å². The minimum atomic E-state index is -0.245. The lowest BCUT2D eigenvalue weighted by atomic mass is 10.1. The van der Waals surface area contributed by atoms with Crippen LogP contribution in [0, 0.1) is 19.8 Å². The van der Waals surface area contributed by atoms with Crippen LogP contribution < -0.4 is 14.8 Å². The molecule has 134 valence electrons. The molecule has 1 N–H and O–H groups in total. The first kappa shape index (κ1) is 19.1. The second-order valence-corrected chi connectivity index (χ2v) is 6.79. The molecule has 0 radical (unpaired) electrons. The topological polar surface area (TPSA) is 47.6 Å². The van der Waals surface area contributed by atoms with Crippen LogP contribution in [0.15, 0.2) is 36.4 Å². The molecule has 0 aliphatic carbocycles. The van der Waals surface area contributed by atoms with Gasteiger partial charge in [0.1, 0.15) is 11.5 Å². The third-order valence-corrected chi connectivity index (χ3v) is 4.11. The first-order valence-electron chi connectivity index (χ1n) is 8.28. The number of hydrogen-bond donors (Lipinski definition) is 1. The van der Waals surface area contributed by atoms with Gasteiger partial charge in [0.15, 0.2) is 6.61 Å². The number of carbonyl (C=O) groups is 1. The van der Waals surface area contributed by atoms with E-state index in [1.807, 2.05) is 50.2 Å². The van der Waals surface area contributed by atoms with Crippen molar-refractivity contribution in [3.05, 3.63) is 52.5 Å². The van der Waals surface area contributed by atoms with E-state index in [1.54, 1.807) is 0 Å². The Morgan fingerprint density at radius 3 is 2.40 bits per heavy atom. The molecule has 0 fully saturated rings. The fourth-order valence-electron chi connectivity index (χ4n) is 2.28. The van der Waals surface area contributed by atoms with E-state index in [9.17, 15) is 4.79 Å². The van der Waals surface area contributed by atoms with Gasteiger partial charge in [0.05, 0.1) is 12.3 Å². The maximum atomic E-state index is 12.2. The Hall–Kier alpha value is -2.20. The van der Waals surface area contributed by atoms with Gasteiger partial charge in [0.25, 0.3) is 5.91 Å². The van der Waals surface area contributed by atoms with Gasteiger partial charge in [-0.25, -0.2) is 0 Å². The number of nitrogens with one attached hydrogen (secondary N) is 1. The Labute approximate surface area is 154 Å². The van der Waals surface area contributed by atoms with Crippen LogP contribution in [0.2, 0.25) is 5.02 Å². The number of hydrogen-bond acceptors (Lipinski definition) is 3. The van der Waals surface area contributed by atoms with Gasteiger partial charge in [-0.05, 0) is 55.2 Å². The average Bonchev–Trinajstić information content (AvgIpc) is 2.57. The quantitative estimate of drug-likeness (QED) is 0.754. The Bertz CT molecular complexity index is 720. The van der Waals surface area contributed by atoms with E-state index in [0.29, 0.717) is 34.7 Å². The molecular weight excluding hydrogens is 338 g/mol. The monoisotopic (exact) mass is 361 g/mol. The molecule has 2 rings (SSSR count). The minimum absolute atomic E-state index is 0.0843. The molecule has 25 heavy (non-hydrogen) atoms. The van der Waals surface area contributed by atoms with Crippen LogP contribution in [0.25, 0.3) is 0 Å². The van der Waals surface area contributed by atoms with E-state index in [1.165, 1.54) is 0 Å². The van der Waals surface area contributed by atoms with Crippen molar-refractivity contribution in [2.24, 2.45) is 5.92 Å². The van der Waals surface area contributed by atoms with Crippen molar-refractivity contribution in [3.8, 4) is 11.5 Å². The van der Waals surface area contributed by atoms with Crippen LogP contribution in [-0.4, -0.2) is 19.1 Å². The second-order valence-electron chi connectivity index (χ2n) is 6.41. The number of para-hydroxylation sites is 2. The third-order valence-electron chi connectivity index (χ3n) is 3.51. The van der Waals surface area contributed by atoms with E-state index in [4.69, 9.17) is 21.1 Å². The van der Waals surface area contributed by atoms with Crippen LogP contribution in [-0.2, 0) is 4.79 Å². The maximum Gasteiger partial charge on any atom is 0.262 e. The number of anilines is 1. The van der Waals surface area contributed by atoms with Crippen LogP contribution in [0.5, 0.6) is 11.5 Å². The van der Waals surface area contributed by atoms with Gasteiger partial charge in [-0.1, -0.05) is 37.6 Å². The lowest BCUT2D eigenvalue weighted by molar-refractivity contribution is -0.118. The molecule has 0 saturated carbocycles. The van der Waals surface area contributed by atoms with Gasteiger partial charge < -0.3 is 14.8 Å². The van der Waals surface area contributed by atoms with Crippen LogP contribution in [0.1, 0.15) is 25.0 Å². The predicted molar refractivity (Wildman–Crippen MR) is 102 cm³/mol. The largest absolute Gasteiger partial charge is 0.491 e. The van der Waals surface area contributed by atoms with Crippen LogP contribution >= 0.6 is 11.6 Å². The Balaban J connectivity index is 1.97. The normalized spacial score (nSPS) is 10.6. The molecule has 2 aromatic rings. The van der Waals surface area contributed by atoms with Crippen molar-refractivity contribution >= 4 is 23.2 Å². The summed E-state index contributed by atoms with van der Waals surface area (Å²) < 4.78 is 11.3. The first-order valence-corrected chi connectivity index (χ1v) is 8.66. The van der Waals surface area contributed by atoms with Gasteiger partial charge in [-0.2, -0.15) is 0 Å². The first-order chi connectivity index (χ1) is 11.9. The molecule has 1 amide bonds. The highest BCUT2D eigenvalue weighted by Gasteiger charge is 2.10. The van der Waals surface area contributed by atoms with E-state index in [2.05, 4.69) is 19.2 Å². The number of rotatable bonds is 7. The average molecular weight is 362 g/mol. The molecule has 0 unspecified atom stereocenters. The zero-order valence-electron chi connectivity index (χ0n) is 15.1. The molecule has 0 spiro atoms. The van der Waals surface area contributed by atoms with Crippen LogP contribution in [0.4, 0.5) is 5.69 Å². The van der Waals surface area contributed by atoms with Gasteiger partial charge in [0, 0.05) is 5.02 Å². The number of carbonyl (C=O) groups excluding carboxylic acids is 1.